The maximum absolute atomic E-state index is 10.4. The van der Waals surface area contributed by atoms with E-state index in [0.717, 1.165) is 5.56 Å². The predicted octanol–water partition coefficient (Wildman–Crippen LogP) is 3.99. The van der Waals surface area contributed by atoms with E-state index in [4.69, 9.17) is 0 Å². The van der Waals surface area contributed by atoms with Gasteiger partial charge in [0.25, 0.3) is 0 Å². The summed E-state index contributed by atoms with van der Waals surface area (Å²) in [6, 6.07) is 9.76. The first kappa shape index (κ1) is 12.3. The molecule has 0 saturated carbocycles. The highest BCUT2D eigenvalue weighted by atomic mass is 127. The summed E-state index contributed by atoms with van der Waals surface area (Å²) >= 11 is 5.96. The molecule has 0 aliphatic heterocycles. The number of aliphatic hydroxyl groups is 1. The summed E-state index contributed by atoms with van der Waals surface area (Å²) in [4.78, 5) is 0. The van der Waals surface area contributed by atoms with E-state index < -0.39 is 6.10 Å². The van der Waals surface area contributed by atoms with Gasteiger partial charge in [0.1, 0.15) is 2.33 Å². The minimum atomic E-state index is -0.487. The number of rotatable bonds is 2. The van der Waals surface area contributed by atoms with E-state index in [2.05, 4.69) is 44.6 Å². The zero-order chi connectivity index (χ0) is 11.6. The summed E-state index contributed by atoms with van der Waals surface area (Å²) in [5, 5.41) is 10.4. The van der Waals surface area contributed by atoms with Crippen molar-refractivity contribution in [2.24, 2.45) is 5.92 Å². The van der Waals surface area contributed by atoms with E-state index in [0.29, 0.717) is 0 Å². The Hall–Kier alpha value is -0.130. The SMILES string of the molecule is OC(c1ccccc1)C1C=CC=CC1(Br)I. The monoisotopic (exact) mass is 390 g/mol. The normalized spacial score (nSPS) is 30.3. The molecule has 3 unspecified atom stereocenters. The van der Waals surface area contributed by atoms with Gasteiger partial charge >= 0.3 is 0 Å². The average molecular weight is 391 g/mol. The Bertz CT molecular complexity index is 411. The average Bonchev–Trinajstić information content (AvgIpc) is 2.29. The van der Waals surface area contributed by atoms with E-state index in [1.165, 1.54) is 0 Å². The van der Waals surface area contributed by atoms with Gasteiger partial charge in [-0.15, -0.1) is 0 Å². The maximum atomic E-state index is 10.4. The number of aliphatic hydroxyl groups excluding tert-OH is 1. The van der Waals surface area contributed by atoms with Crippen LogP contribution in [0.1, 0.15) is 11.7 Å². The third-order valence-corrected chi connectivity index (χ3v) is 4.55. The van der Waals surface area contributed by atoms with Crippen LogP contribution in [0, 0.1) is 5.92 Å². The molecule has 3 heteroatoms. The second-order valence-corrected chi connectivity index (χ2v) is 8.38. The maximum Gasteiger partial charge on any atom is 0.104 e. The first-order valence-electron chi connectivity index (χ1n) is 5.08. The highest BCUT2D eigenvalue weighted by Crippen LogP contribution is 2.45. The molecule has 0 fully saturated rings. The Balaban J connectivity index is 2.26. The largest absolute Gasteiger partial charge is 0.388 e. The molecule has 1 aliphatic carbocycles. The van der Waals surface area contributed by atoms with Crippen molar-refractivity contribution in [3.63, 3.8) is 0 Å². The second-order valence-electron chi connectivity index (χ2n) is 3.80. The van der Waals surface area contributed by atoms with Crippen molar-refractivity contribution >= 4 is 38.5 Å². The van der Waals surface area contributed by atoms with Crippen LogP contribution in [0.2, 0.25) is 0 Å². The van der Waals surface area contributed by atoms with Crippen LogP contribution < -0.4 is 0 Å². The van der Waals surface area contributed by atoms with Gasteiger partial charge in [-0.25, -0.2) is 0 Å². The van der Waals surface area contributed by atoms with E-state index in [1.807, 2.05) is 48.6 Å². The van der Waals surface area contributed by atoms with Crippen LogP contribution in [-0.2, 0) is 0 Å². The number of halogens is 2. The number of alkyl halides is 2. The smallest absolute Gasteiger partial charge is 0.104 e. The molecule has 0 heterocycles. The lowest BCUT2D eigenvalue weighted by molar-refractivity contribution is 0.133. The molecule has 0 bridgehead atoms. The van der Waals surface area contributed by atoms with Crippen molar-refractivity contribution in [2.45, 2.75) is 8.43 Å². The van der Waals surface area contributed by atoms with E-state index in [9.17, 15) is 5.11 Å². The summed E-state index contributed by atoms with van der Waals surface area (Å²) in [7, 11) is 0. The van der Waals surface area contributed by atoms with Crippen molar-refractivity contribution in [1.82, 2.24) is 0 Å². The molecule has 0 aromatic heterocycles. The summed E-state index contributed by atoms with van der Waals surface area (Å²) in [5.74, 6) is 0.0421. The fourth-order valence-electron chi connectivity index (χ4n) is 1.78. The molecule has 16 heavy (non-hydrogen) atoms. The summed E-state index contributed by atoms with van der Waals surface area (Å²) in [5.41, 5.74) is 0.952. The van der Waals surface area contributed by atoms with Crippen LogP contribution in [-0.4, -0.2) is 7.44 Å². The van der Waals surface area contributed by atoms with Crippen molar-refractivity contribution in [3.8, 4) is 0 Å². The molecule has 0 saturated heterocycles. The Labute approximate surface area is 118 Å². The number of benzene rings is 1. The van der Waals surface area contributed by atoms with Gasteiger partial charge in [0.2, 0.25) is 0 Å². The number of hydrogen-bond donors (Lipinski definition) is 1. The van der Waals surface area contributed by atoms with Crippen molar-refractivity contribution in [1.29, 1.82) is 0 Å². The fraction of sp³-hybridized carbons (Fsp3) is 0.231. The topological polar surface area (TPSA) is 20.2 Å². The Morgan fingerprint density at radius 2 is 1.94 bits per heavy atom. The lowest BCUT2D eigenvalue weighted by Crippen LogP contribution is -2.28. The van der Waals surface area contributed by atoms with Crippen molar-refractivity contribution < 1.29 is 5.11 Å². The van der Waals surface area contributed by atoms with Crippen LogP contribution >= 0.6 is 38.5 Å². The Morgan fingerprint density at radius 1 is 1.25 bits per heavy atom. The molecular formula is C13H12BrIO. The lowest BCUT2D eigenvalue weighted by atomic mass is 9.90. The molecule has 0 radical (unpaired) electrons. The third kappa shape index (κ3) is 2.57. The van der Waals surface area contributed by atoms with Crippen LogP contribution in [0.3, 0.4) is 0 Å². The van der Waals surface area contributed by atoms with E-state index >= 15 is 0 Å². The van der Waals surface area contributed by atoms with Gasteiger partial charge in [-0.05, 0) is 5.56 Å². The van der Waals surface area contributed by atoms with Gasteiger partial charge in [-0.1, -0.05) is 93.2 Å². The molecule has 1 aromatic rings. The Morgan fingerprint density at radius 3 is 2.56 bits per heavy atom. The fourth-order valence-corrected chi connectivity index (χ4v) is 3.09. The molecular weight excluding hydrogens is 379 g/mol. The molecule has 1 N–H and O–H groups in total. The van der Waals surface area contributed by atoms with Gasteiger partial charge in [0.15, 0.2) is 0 Å². The highest BCUT2D eigenvalue weighted by molar-refractivity contribution is 14.1. The van der Waals surface area contributed by atoms with Crippen LogP contribution in [0.25, 0.3) is 0 Å². The van der Waals surface area contributed by atoms with E-state index in [-0.39, 0.29) is 8.25 Å². The molecule has 1 aliphatic rings. The predicted molar refractivity (Wildman–Crippen MR) is 78.8 cm³/mol. The lowest BCUT2D eigenvalue weighted by Gasteiger charge is -2.31. The molecule has 1 aromatic carbocycles. The molecule has 1 nitrogen and oxygen atoms in total. The molecule has 84 valence electrons. The zero-order valence-electron chi connectivity index (χ0n) is 8.55. The van der Waals surface area contributed by atoms with Crippen LogP contribution in [0.5, 0.6) is 0 Å². The van der Waals surface area contributed by atoms with Gasteiger partial charge in [-0.2, -0.15) is 0 Å². The molecule has 2 rings (SSSR count). The highest BCUT2D eigenvalue weighted by Gasteiger charge is 2.36. The van der Waals surface area contributed by atoms with Gasteiger partial charge < -0.3 is 5.11 Å². The van der Waals surface area contributed by atoms with Gasteiger partial charge in [0, 0.05) is 5.92 Å². The second kappa shape index (κ2) is 5.02. The van der Waals surface area contributed by atoms with Gasteiger partial charge in [0.05, 0.1) is 6.10 Å². The van der Waals surface area contributed by atoms with Crippen molar-refractivity contribution in [2.75, 3.05) is 0 Å². The van der Waals surface area contributed by atoms with Crippen LogP contribution in [0.4, 0.5) is 0 Å². The Kier molecular flexibility index (Phi) is 3.87. The summed E-state index contributed by atoms with van der Waals surface area (Å²) in [6.45, 7) is 0. The first-order chi connectivity index (χ1) is 7.61. The van der Waals surface area contributed by atoms with Crippen LogP contribution in [0.15, 0.2) is 54.6 Å². The van der Waals surface area contributed by atoms with E-state index in [1.54, 1.807) is 0 Å². The minimum absolute atomic E-state index is 0.0421. The van der Waals surface area contributed by atoms with Crippen molar-refractivity contribution in [3.05, 3.63) is 60.2 Å². The minimum Gasteiger partial charge on any atom is -0.388 e. The zero-order valence-corrected chi connectivity index (χ0v) is 12.3. The standard InChI is InChI=1S/C13H12BrIO/c14-13(15)9-5-4-8-11(13)12(16)10-6-2-1-3-7-10/h1-9,11-12,16H. The molecule has 0 spiro atoms. The molecule has 0 amide bonds. The summed E-state index contributed by atoms with van der Waals surface area (Å²) in [6.07, 6.45) is 7.59. The molecule has 3 atom stereocenters. The first-order valence-corrected chi connectivity index (χ1v) is 6.95. The quantitative estimate of drug-likeness (QED) is 0.598. The van der Waals surface area contributed by atoms with Gasteiger partial charge in [-0.3, -0.25) is 0 Å². The number of allylic oxidation sites excluding steroid dienone is 3. The number of hydrogen-bond acceptors (Lipinski definition) is 1. The third-order valence-electron chi connectivity index (χ3n) is 2.67. The summed E-state index contributed by atoms with van der Waals surface area (Å²) < 4.78 is -0.214.